The van der Waals surface area contributed by atoms with E-state index in [-0.39, 0.29) is 5.69 Å². The smallest absolute Gasteiger partial charge is 0.339 e. The zero-order chi connectivity index (χ0) is 21.6. The van der Waals surface area contributed by atoms with Crippen LogP contribution in [0.4, 0.5) is 18.9 Å². The Balaban J connectivity index is 1.84. The number of aryl methyl sites for hydroxylation is 1. The molecule has 0 saturated carbocycles. The lowest BCUT2D eigenvalue weighted by Gasteiger charge is -2.30. The van der Waals surface area contributed by atoms with Gasteiger partial charge in [0, 0.05) is 16.8 Å². The first-order chi connectivity index (χ1) is 13.3. The minimum atomic E-state index is -4.48. The summed E-state index contributed by atoms with van der Waals surface area (Å²) in [5, 5.41) is 2.52. The fourth-order valence-corrected chi connectivity index (χ4v) is 2.98. The van der Waals surface area contributed by atoms with Gasteiger partial charge in [-0.2, -0.15) is 13.2 Å². The van der Waals surface area contributed by atoms with Crippen molar-refractivity contribution in [2.45, 2.75) is 58.3 Å². The van der Waals surface area contributed by atoms with Crippen molar-refractivity contribution in [3.63, 3.8) is 0 Å². The first kappa shape index (κ1) is 21.3. The number of ether oxygens (including phenoxy) is 2. The number of halogens is 3. The van der Waals surface area contributed by atoms with E-state index in [1.807, 2.05) is 34.6 Å². The molecule has 0 radical (unpaired) electrons. The van der Waals surface area contributed by atoms with Crippen LogP contribution in [0.15, 0.2) is 42.5 Å². The SMILES string of the molecule is Cc1ccc(C(=O)Nc2cccc(C(F)(F)F)c2)cc1C1OC(C)(C)C(C)(C)O1. The van der Waals surface area contributed by atoms with Gasteiger partial charge in [-0.25, -0.2) is 0 Å². The molecule has 0 atom stereocenters. The number of amides is 1. The minimum absolute atomic E-state index is 0.0718. The van der Waals surface area contributed by atoms with Gasteiger partial charge in [0.2, 0.25) is 0 Å². The van der Waals surface area contributed by atoms with Crippen molar-refractivity contribution in [2.75, 3.05) is 5.32 Å². The molecule has 0 spiro atoms. The van der Waals surface area contributed by atoms with Gasteiger partial charge >= 0.3 is 6.18 Å². The molecule has 1 amide bonds. The molecular formula is C22H24F3NO3. The number of hydrogen-bond acceptors (Lipinski definition) is 3. The van der Waals surface area contributed by atoms with Crippen LogP contribution in [0.25, 0.3) is 0 Å². The lowest BCUT2D eigenvalue weighted by atomic mass is 9.90. The second-order valence-electron chi connectivity index (χ2n) is 8.19. The van der Waals surface area contributed by atoms with Crippen LogP contribution < -0.4 is 5.32 Å². The molecule has 0 aliphatic carbocycles. The molecule has 156 valence electrons. The van der Waals surface area contributed by atoms with Crippen LogP contribution in [0.2, 0.25) is 0 Å². The van der Waals surface area contributed by atoms with E-state index in [9.17, 15) is 18.0 Å². The molecule has 4 nitrogen and oxygen atoms in total. The Morgan fingerprint density at radius 3 is 2.21 bits per heavy atom. The van der Waals surface area contributed by atoms with Crippen molar-refractivity contribution in [3.05, 3.63) is 64.7 Å². The van der Waals surface area contributed by atoms with Crippen LogP contribution in [-0.2, 0) is 15.7 Å². The minimum Gasteiger partial charge on any atom is -0.339 e. The molecule has 2 aromatic carbocycles. The first-order valence-electron chi connectivity index (χ1n) is 9.25. The monoisotopic (exact) mass is 407 g/mol. The van der Waals surface area contributed by atoms with Gasteiger partial charge in [-0.3, -0.25) is 4.79 Å². The van der Waals surface area contributed by atoms with Crippen LogP contribution in [-0.4, -0.2) is 17.1 Å². The van der Waals surface area contributed by atoms with Gasteiger partial charge in [0.1, 0.15) is 0 Å². The van der Waals surface area contributed by atoms with Gasteiger partial charge in [-0.1, -0.05) is 12.1 Å². The van der Waals surface area contributed by atoms with Gasteiger partial charge in [-0.15, -0.1) is 0 Å². The van der Waals surface area contributed by atoms with Gasteiger partial charge < -0.3 is 14.8 Å². The topological polar surface area (TPSA) is 47.6 Å². The van der Waals surface area contributed by atoms with Crippen LogP contribution >= 0.6 is 0 Å². The molecule has 0 bridgehead atoms. The number of benzene rings is 2. The van der Waals surface area contributed by atoms with Crippen LogP contribution in [0.5, 0.6) is 0 Å². The van der Waals surface area contributed by atoms with Crippen molar-refractivity contribution >= 4 is 11.6 Å². The van der Waals surface area contributed by atoms with Crippen molar-refractivity contribution < 1.29 is 27.4 Å². The van der Waals surface area contributed by atoms with Crippen molar-refractivity contribution in [1.82, 2.24) is 0 Å². The van der Waals surface area contributed by atoms with E-state index in [2.05, 4.69) is 5.32 Å². The summed E-state index contributed by atoms with van der Waals surface area (Å²) < 4.78 is 50.8. The maximum atomic E-state index is 12.9. The third-order valence-corrected chi connectivity index (χ3v) is 5.50. The zero-order valence-corrected chi connectivity index (χ0v) is 17.0. The molecule has 1 fully saturated rings. The quantitative estimate of drug-likeness (QED) is 0.692. The molecule has 7 heteroatoms. The molecule has 1 heterocycles. The molecule has 1 saturated heterocycles. The van der Waals surface area contributed by atoms with Gasteiger partial charge in [0.25, 0.3) is 5.91 Å². The Hall–Kier alpha value is -2.38. The number of alkyl halides is 3. The molecule has 1 N–H and O–H groups in total. The summed E-state index contributed by atoms with van der Waals surface area (Å²) in [5.41, 5.74) is 0.0951. The highest BCUT2D eigenvalue weighted by Crippen LogP contribution is 2.45. The summed E-state index contributed by atoms with van der Waals surface area (Å²) in [4.78, 5) is 12.6. The molecule has 1 aliphatic heterocycles. The van der Waals surface area contributed by atoms with Gasteiger partial charge in [-0.05, 0) is 70.5 Å². The Morgan fingerprint density at radius 2 is 1.62 bits per heavy atom. The molecule has 1 aliphatic rings. The Labute approximate surface area is 168 Å². The summed E-state index contributed by atoms with van der Waals surface area (Å²) in [6.07, 6.45) is -5.12. The molecule has 2 aromatic rings. The average Bonchev–Trinajstić information content (AvgIpc) is 2.82. The van der Waals surface area contributed by atoms with E-state index in [0.29, 0.717) is 11.1 Å². The molecule has 0 unspecified atom stereocenters. The second-order valence-corrected chi connectivity index (χ2v) is 8.19. The number of rotatable bonds is 3. The summed E-state index contributed by atoms with van der Waals surface area (Å²) >= 11 is 0. The fraction of sp³-hybridized carbons (Fsp3) is 0.409. The highest BCUT2D eigenvalue weighted by Gasteiger charge is 2.49. The summed E-state index contributed by atoms with van der Waals surface area (Å²) in [6.45, 7) is 9.63. The number of nitrogens with one attached hydrogen (secondary N) is 1. The number of carbonyl (C=O) groups is 1. The third kappa shape index (κ3) is 4.31. The van der Waals surface area contributed by atoms with Gasteiger partial charge in [0.05, 0.1) is 16.8 Å². The lowest BCUT2D eigenvalue weighted by molar-refractivity contribution is -0.137. The average molecular weight is 407 g/mol. The van der Waals surface area contributed by atoms with E-state index >= 15 is 0 Å². The van der Waals surface area contributed by atoms with E-state index in [4.69, 9.17) is 9.47 Å². The summed E-state index contributed by atoms with van der Waals surface area (Å²) in [5.74, 6) is -0.512. The largest absolute Gasteiger partial charge is 0.416 e. The zero-order valence-electron chi connectivity index (χ0n) is 17.0. The van der Waals surface area contributed by atoms with Crippen molar-refractivity contribution in [1.29, 1.82) is 0 Å². The lowest BCUT2D eigenvalue weighted by Crippen LogP contribution is -2.41. The predicted molar refractivity (Wildman–Crippen MR) is 104 cm³/mol. The number of hydrogen-bond donors (Lipinski definition) is 1. The maximum Gasteiger partial charge on any atom is 0.416 e. The highest BCUT2D eigenvalue weighted by atomic mass is 19.4. The van der Waals surface area contributed by atoms with E-state index in [1.165, 1.54) is 12.1 Å². The highest BCUT2D eigenvalue weighted by molar-refractivity contribution is 6.04. The summed E-state index contributed by atoms with van der Waals surface area (Å²) in [7, 11) is 0. The molecular weight excluding hydrogens is 383 g/mol. The molecule has 29 heavy (non-hydrogen) atoms. The Kier molecular flexibility index (Phi) is 5.26. The number of anilines is 1. The summed E-state index contributed by atoms with van der Waals surface area (Å²) in [6, 6.07) is 9.56. The van der Waals surface area contributed by atoms with Gasteiger partial charge in [0.15, 0.2) is 6.29 Å². The normalized spacial score (nSPS) is 18.6. The standard InChI is InChI=1S/C22H24F3NO3/c1-13-9-10-14(11-17(13)19-28-20(2,3)21(4,5)29-19)18(27)26-16-8-6-7-15(12-16)22(23,24)25/h6-12,19H,1-5H3,(H,26,27). The van der Waals surface area contributed by atoms with Crippen LogP contribution in [0.1, 0.15) is 61.0 Å². The van der Waals surface area contributed by atoms with Crippen molar-refractivity contribution in [2.24, 2.45) is 0 Å². The van der Waals surface area contributed by atoms with Crippen LogP contribution in [0.3, 0.4) is 0 Å². The van der Waals surface area contributed by atoms with Crippen molar-refractivity contribution in [3.8, 4) is 0 Å². The predicted octanol–water partition coefficient (Wildman–Crippen LogP) is 5.87. The Bertz CT molecular complexity index is 919. The number of carbonyl (C=O) groups excluding carboxylic acids is 1. The maximum absolute atomic E-state index is 12.9. The van der Waals surface area contributed by atoms with E-state index in [1.54, 1.807) is 18.2 Å². The second kappa shape index (κ2) is 7.15. The Morgan fingerprint density at radius 1 is 1.00 bits per heavy atom. The van der Waals surface area contributed by atoms with E-state index in [0.717, 1.165) is 17.7 Å². The first-order valence-corrected chi connectivity index (χ1v) is 9.25. The molecule has 3 rings (SSSR count). The third-order valence-electron chi connectivity index (χ3n) is 5.50. The fourth-order valence-electron chi connectivity index (χ4n) is 2.98. The van der Waals surface area contributed by atoms with Crippen LogP contribution in [0, 0.1) is 6.92 Å². The molecule has 0 aromatic heterocycles. The van der Waals surface area contributed by atoms with E-state index < -0.39 is 35.1 Å².